The summed E-state index contributed by atoms with van der Waals surface area (Å²) < 4.78 is 6.05. The minimum Gasteiger partial charge on any atom is -0.457 e. The molecule has 104 valence electrons. The Labute approximate surface area is 120 Å². The van der Waals surface area contributed by atoms with Gasteiger partial charge in [0.2, 0.25) is 5.79 Å². The van der Waals surface area contributed by atoms with Crippen LogP contribution in [0.5, 0.6) is 5.75 Å². The minimum atomic E-state index is -1.32. The van der Waals surface area contributed by atoms with Crippen LogP contribution in [0.1, 0.15) is 37.8 Å². The maximum absolute atomic E-state index is 11.3. The van der Waals surface area contributed by atoms with Crippen molar-refractivity contribution in [3.8, 4) is 5.75 Å². The van der Waals surface area contributed by atoms with E-state index < -0.39 is 11.2 Å². The van der Waals surface area contributed by atoms with Crippen molar-refractivity contribution in [1.29, 1.82) is 0 Å². The number of ether oxygens (including phenoxy) is 1. The minimum absolute atomic E-state index is 0.192. The molecule has 2 heteroatoms. The second kappa shape index (κ2) is 4.35. The normalized spacial score (nSPS) is 27.5. The topological polar surface area (TPSA) is 29.5 Å². The van der Waals surface area contributed by atoms with Gasteiger partial charge in [-0.05, 0) is 17.5 Å². The van der Waals surface area contributed by atoms with E-state index in [4.69, 9.17) is 4.74 Å². The first kappa shape index (κ1) is 13.2. The molecule has 0 aromatic heterocycles. The van der Waals surface area contributed by atoms with Crippen molar-refractivity contribution >= 4 is 0 Å². The highest BCUT2D eigenvalue weighted by Gasteiger charge is 2.54. The predicted octanol–water partition coefficient (Wildman–Crippen LogP) is 4.05. The third-order valence-electron chi connectivity index (χ3n) is 4.76. The first-order valence-electron chi connectivity index (χ1n) is 7.02. The monoisotopic (exact) mass is 268 g/mol. The highest BCUT2D eigenvalue weighted by atomic mass is 16.6. The van der Waals surface area contributed by atoms with Crippen molar-refractivity contribution in [1.82, 2.24) is 0 Å². The molecule has 0 bridgehead atoms. The van der Waals surface area contributed by atoms with Gasteiger partial charge in [0.1, 0.15) is 5.75 Å². The smallest absolute Gasteiger partial charge is 0.240 e. The van der Waals surface area contributed by atoms with Crippen molar-refractivity contribution in [3.63, 3.8) is 0 Å². The maximum Gasteiger partial charge on any atom is 0.240 e. The van der Waals surface area contributed by atoms with E-state index in [9.17, 15) is 5.11 Å². The Morgan fingerprint density at radius 3 is 2.25 bits per heavy atom. The molecule has 1 N–H and O–H groups in total. The Bertz CT molecular complexity index is 618. The summed E-state index contributed by atoms with van der Waals surface area (Å²) in [5.74, 6) is -0.356. The molecular weight excluding hydrogens is 248 g/mol. The molecule has 3 rings (SSSR count). The average molecular weight is 268 g/mol. The highest BCUT2D eigenvalue weighted by molar-refractivity contribution is 5.42. The van der Waals surface area contributed by atoms with E-state index >= 15 is 0 Å². The lowest BCUT2D eigenvalue weighted by molar-refractivity contribution is -0.239. The summed E-state index contributed by atoms with van der Waals surface area (Å²) in [7, 11) is 0. The first-order valence-corrected chi connectivity index (χ1v) is 7.02. The molecule has 2 unspecified atom stereocenters. The number of para-hydroxylation sites is 1. The second-order valence-electron chi connectivity index (χ2n) is 6.09. The Morgan fingerprint density at radius 1 is 0.950 bits per heavy atom. The van der Waals surface area contributed by atoms with Crippen LogP contribution in [0.3, 0.4) is 0 Å². The fourth-order valence-corrected chi connectivity index (χ4v) is 3.00. The zero-order valence-electron chi connectivity index (χ0n) is 12.1. The summed E-state index contributed by atoms with van der Waals surface area (Å²) in [6.07, 6.45) is 0. The first-order chi connectivity index (χ1) is 9.47. The predicted molar refractivity (Wildman–Crippen MR) is 79.6 cm³/mol. The molecule has 2 aromatic rings. The largest absolute Gasteiger partial charge is 0.457 e. The van der Waals surface area contributed by atoms with Crippen molar-refractivity contribution in [2.24, 2.45) is 5.41 Å². The third kappa shape index (κ3) is 1.68. The molecule has 0 amide bonds. The van der Waals surface area contributed by atoms with E-state index in [1.165, 1.54) is 0 Å². The van der Waals surface area contributed by atoms with Crippen LogP contribution < -0.4 is 4.74 Å². The molecule has 1 aliphatic heterocycles. The van der Waals surface area contributed by atoms with Gasteiger partial charge in [-0.2, -0.15) is 0 Å². The zero-order valence-corrected chi connectivity index (χ0v) is 12.1. The highest BCUT2D eigenvalue weighted by Crippen LogP contribution is 2.55. The maximum atomic E-state index is 11.3. The van der Waals surface area contributed by atoms with Crippen LogP contribution in [-0.4, -0.2) is 5.11 Å². The molecule has 1 heterocycles. The van der Waals surface area contributed by atoms with E-state index in [2.05, 4.69) is 26.8 Å². The molecule has 20 heavy (non-hydrogen) atoms. The van der Waals surface area contributed by atoms with Gasteiger partial charge < -0.3 is 9.84 Å². The number of hydrogen-bond donors (Lipinski definition) is 1. The molecule has 0 saturated heterocycles. The van der Waals surface area contributed by atoms with Crippen LogP contribution in [0, 0.1) is 5.41 Å². The van der Waals surface area contributed by atoms with Crippen molar-refractivity contribution in [2.75, 3.05) is 0 Å². The summed E-state index contributed by atoms with van der Waals surface area (Å²) in [5, 5.41) is 11.3. The quantitative estimate of drug-likeness (QED) is 0.845. The fraction of sp³-hybridized carbons (Fsp3) is 0.333. The molecule has 0 radical (unpaired) electrons. The second-order valence-corrected chi connectivity index (χ2v) is 6.09. The van der Waals surface area contributed by atoms with Gasteiger partial charge in [0.15, 0.2) is 0 Å². The standard InChI is InChI=1S/C18H20O2/c1-13-15-11-7-8-12-16(15)20-18(19,17(13,2)3)14-9-5-4-6-10-14/h4-13,19H,1-3H3. The summed E-state index contributed by atoms with van der Waals surface area (Å²) in [4.78, 5) is 0. The molecule has 1 aliphatic rings. The molecule has 0 saturated carbocycles. The zero-order chi connectivity index (χ0) is 14.4. The number of aliphatic hydroxyl groups is 1. The van der Waals surface area contributed by atoms with Gasteiger partial charge in [-0.25, -0.2) is 0 Å². The molecule has 0 spiro atoms. The van der Waals surface area contributed by atoms with Crippen LogP contribution >= 0.6 is 0 Å². The molecule has 0 fully saturated rings. The van der Waals surface area contributed by atoms with Gasteiger partial charge in [0.05, 0.1) is 0 Å². The lowest BCUT2D eigenvalue weighted by Crippen LogP contribution is -2.52. The summed E-state index contributed by atoms with van der Waals surface area (Å²) in [6, 6.07) is 17.6. The van der Waals surface area contributed by atoms with Gasteiger partial charge in [0, 0.05) is 11.0 Å². The van der Waals surface area contributed by atoms with Crippen molar-refractivity contribution in [2.45, 2.75) is 32.5 Å². The number of fused-ring (bicyclic) bond motifs is 1. The van der Waals surface area contributed by atoms with Gasteiger partial charge >= 0.3 is 0 Å². The molecule has 2 nitrogen and oxygen atoms in total. The molecule has 0 aliphatic carbocycles. The van der Waals surface area contributed by atoms with E-state index in [0.717, 1.165) is 16.9 Å². The molecule has 2 aromatic carbocycles. The summed E-state index contributed by atoms with van der Waals surface area (Å²) in [6.45, 7) is 6.26. The Hall–Kier alpha value is -1.80. The lowest BCUT2D eigenvalue weighted by Gasteiger charge is -2.50. The average Bonchev–Trinajstić information content (AvgIpc) is 2.46. The SMILES string of the molecule is CC1c2ccccc2OC(O)(c2ccccc2)C1(C)C. The van der Waals surface area contributed by atoms with Gasteiger partial charge in [-0.15, -0.1) is 0 Å². The fourth-order valence-electron chi connectivity index (χ4n) is 3.00. The summed E-state index contributed by atoms with van der Waals surface area (Å²) in [5.41, 5.74) is 1.52. The summed E-state index contributed by atoms with van der Waals surface area (Å²) >= 11 is 0. The van der Waals surface area contributed by atoms with Gasteiger partial charge in [-0.3, -0.25) is 0 Å². The number of hydrogen-bond acceptors (Lipinski definition) is 2. The van der Waals surface area contributed by atoms with Crippen LogP contribution in [0.15, 0.2) is 54.6 Å². The van der Waals surface area contributed by atoms with Crippen molar-refractivity contribution in [3.05, 3.63) is 65.7 Å². The molecule has 2 atom stereocenters. The van der Waals surface area contributed by atoms with E-state index in [1.54, 1.807) is 0 Å². The van der Waals surface area contributed by atoms with E-state index in [0.29, 0.717) is 0 Å². The Balaban J connectivity index is 2.18. The lowest BCUT2D eigenvalue weighted by atomic mass is 9.66. The van der Waals surface area contributed by atoms with E-state index in [-0.39, 0.29) is 5.92 Å². The number of rotatable bonds is 1. The number of benzene rings is 2. The van der Waals surface area contributed by atoms with Crippen LogP contribution in [-0.2, 0) is 5.79 Å². The van der Waals surface area contributed by atoms with Crippen molar-refractivity contribution < 1.29 is 9.84 Å². The third-order valence-corrected chi connectivity index (χ3v) is 4.76. The van der Waals surface area contributed by atoms with Gasteiger partial charge in [-0.1, -0.05) is 69.3 Å². The Kier molecular flexibility index (Phi) is 2.87. The van der Waals surface area contributed by atoms with E-state index in [1.807, 2.05) is 48.5 Å². The van der Waals surface area contributed by atoms with Crippen LogP contribution in [0.4, 0.5) is 0 Å². The Morgan fingerprint density at radius 2 is 1.55 bits per heavy atom. The van der Waals surface area contributed by atoms with Crippen LogP contribution in [0.2, 0.25) is 0 Å². The molecular formula is C18H20O2. The van der Waals surface area contributed by atoms with Crippen LogP contribution in [0.25, 0.3) is 0 Å². The van der Waals surface area contributed by atoms with Gasteiger partial charge in [0.25, 0.3) is 0 Å².